The molecule has 1 atom stereocenters. The zero-order chi connectivity index (χ0) is 16.0. The third-order valence-corrected chi connectivity index (χ3v) is 3.72. The molecule has 23 heavy (non-hydrogen) atoms. The highest BCUT2D eigenvalue weighted by Gasteiger charge is 2.35. The zero-order valence-corrected chi connectivity index (χ0v) is 13.5. The molecule has 1 saturated heterocycles. The minimum Gasteiger partial charge on any atom is -0.333 e. The van der Waals surface area contributed by atoms with Gasteiger partial charge in [-0.1, -0.05) is 6.07 Å². The predicted octanol–water partition coefficient (Wildman–Crippen LogP) is 2.93. The molecule has 1 aliphatic heterocycles. The van der Waals surface area contributed by atoms with Crippen LogP contribution in [0.3, 0.4) is 0 Å². The fourth-order valence-corrected chi connectivity index (χ4v) is 2.67. The van der Waals surface area contributed by atoms with E-state index in [4.69, 9.17) is 0 Å². The summed E-state index contributed by atoms with van der Waals surface area (Å²) in [5, 5.41) is 3.21. The maximum atomic E-state index is 12.6. The second-order valence-electron chi connectivity index (χ2n) is 5.47. The molecule has 1 N–H and O–H groups in total. The Morgan fingerprint density at radius 1 is 1.30 bits per heavy atom. The van der Waals surface area contributed by atoms with Crippen molar-refractivity contribution < 1.29 is 18.0 Å². The van der Waals surface area contributed by atoms with Crippen molar-refractivity contribution in [1.29, 1.82) is 0 Å². The minimum absolute atomic E-state index is 0. The summed E-state index contributed by atoms with van der Waals surface area (Å²) in [6.07, 6.45) is -2.09. The second kappa shape index (κ2) is 9.08. The van der Waals surface area contributed by atoms with Crippen molar-refractivity contribution in [3.63, 3.8) is 0 Å². The first kappa shape index (κ1) is 19.7. The van der Waals surface area contributed by atoms with Crippen molar-refractivity contribution >= 4 is 18.3 Å². The van der Waals surface area contributed by atoms with E-state index in [9.17, 15) is 18.0 Å². The van der Waals surface area contributed by atoms with Gasteiger partial charge in [-0.15, -0.1) is 12.4 Å². The molecule has 0 aliphatic carbocycles. The number of rotatable bonds is 4. The number of alkyl halides is 3. The molecule has 2 rings (SSSR count). The number of halogens is 4. The highest BCUT2D eigenvalue weighted by molar-refractivity contribution is 5.85. The first-order valence-corrected chi connectivity index (χ1v) is 7.42. The van der Waals surface area contributed by atoms with Gasteiger partial charge >= 0.3 is 6.18 Å². The first-order chi connectivity index (χ1) is 10.5. The minimum atomic E-state index is -4.48. The maximum absolute atomic E-state index is 12.6. The quantitative estimate of drug-likeness (QED) is 0.907. The fourth-order valence-electron chi connectivity index (χ4n) is 2.67. The summed E-state index contributed by atoms with van der Waals surface area (Å²) in [5.74, 6) is -0.870. The Hall–Kier alpha value is -1.34. The maximum Gasteiger partial charge on any atom is 0.397 e. The average molecular weight is 352 g/mol. The zero-order valence-electron chi connectivity index (χ0n) is 12.7. The highest BCUT2D eigenvalue weighted by atomic mass is 35.5. The Morgan fingerprint density at radius 2 is 2.09 bits per heavy atom. The standard InChI is InChI=1S/C15H20F3N3O.ClH/c16-15(17,18)10-14(22)21(11-12-4-1-2-8-20-12)13-5-3-7-19-9-6-13;/h1-2,4,8,13,19H,3,5-7,9-11H2;1H. The van der Waals surface area contributed by atoms with Gasteiger partial charge in [0.25, 0.3) is 0 Å². The second-order valence-corrected chi connectivity index (χ2v) is 5.47. The number of hydrogen-bond acceptors (Lipinski definition) is 3. The molecular weight excluding hydrogens is 331 g/mol. The van der Waals surface area contributed by atoms with E-state index in [2.05, 4.69) is 10.3 Å². The Morgan fingerprint density at radius 3 is 2.74 bits per heavy atom. The Balaban J connectivity index is 0.00000264. The summed E-state index contributed by atoms with van der Waals surface area (Å²) in [7, 11) is 0. The van der Waals surface area contributed by atoms with E-state index in [0.29, 0.717) is 25.1 Å². The van der Waals surface area contributed by atoms with Gasteiger partial charge < -0.3 is 10.2 Å². The number of nitrogens with one attached hydrogen (secondary N) is 1. The van der Waals surface area contributed by atoms with Gasteiger partial charge in [-0.25, -0.2) is 0 Å². The van der Waals surface area contributed by atoms with Crippen molar-refractivity contribution in [1.82, 2.24) is 15.2 Å². The molecule has 1 aliphatic rings. The van der Waals surface area contributed by atoms with Crippen molar-refractivity contribution in [2.45, 2.75) is 44.4 Å². The molecule has 0 aromatic carbocycles. The SMILES string of the molecule is Cl.O=C(CC(F)(F)F)N(Cc1ccccn1)C1CCCNCC1. The summed E-state index contributed by atoms with van der Waals surface area (Å²) in [6.45, 7) is 1.67. The molecule has 130 valence electrons. The van der Waals surface area contributed by atoms with Crippen LogP contribution >= 0.6 is 12.4 Å². The van der Waals surface area contributed by atoms with Gasteiger partial charge in [0.15, 0.2) is 0 Å². The third kappa shape index (κ3) is 6.74. The molecule has 1 unspecified atom stereocenters. The van der Waals surface area contributed by atoms with E-state index in [0.717, 1.165) is 13.0 Å². The van der Waals surface area contributed by atoms with E-state index in [1.165, 1.54) is 4.90 Å². The molecule has 1 aromatic heterocycles. The van der Waals surface area contributed by atoms with E-state index in [1.54, 1.807) is 24.4 Å². The number of amides is 1. The monoisotopic (exact) mass is 351 g/mol. The molecule has 4 nitrogen and oxygen atoms in total. The van der Waals surface area contributed by atoms with E-state index >= 15 is 0 Å². The number of carbonyl (C=O) groups is 1. The van der Waals surface area contributed by atoms with E-state index < -0.39 is 18.5 Å². The molecular formula is C15H21ClF3N3O. The molecule has 0 bridgehead atoms. The third-order valence-electron chi connectivity index (χ3n) is 3.72. The Bertz CT molecular complexity index is 477. The normalized spacial score (nSPS) is 18.7. The van der Waals surface area contributed by atoms with Gasteiger partial charge in [-0.05, 0) is 44.5 Å². The summed E-state index contributed by atoms with van der Waals surface area (Å²) in [6, 6.07) is 5.06. The van der Waals surface area contributed by atoms with Crippen LogP contribution in [-0.4, -0.2) is 41.1 Å². The van der Waals surface area contributed by atoms with E-state index in [1.807, 2.05) is 0 Å². The van der Waals surface area contributed by atoms with Gasteiger partial charge in [0.05, 0.1) is 12.2 Å². The smallest absolute Gasteiger partial charge is 0.333 e. The summed E-state index contributed by atoms with van der Waals surface area (Å²) >= 11 is 0. The van der Waals surface area contributed by atoms with Crippen LogP contribution < -0.4 is 5.32 Å². The Labute approximate surface area is 139 Å². The topological polar surface area (TPSA) is 45.2 Å². The number of carbonyl (C=O) groups excluding carboxylic acids is 1. The lowest BCUT2D eigenvalue weighted by atomic mass is 10.1. The van der Waals surface area contributed by atoms with Crippen molar-refractivity contribution in [3.05, 3.63) is 30.1 Å². The number of aromatic nitrogens is 1. The molecule has 1 aromatic rings. The van der Waals surface area contributed by atoms with Crippen LogP contribution in [0, 0.1) is 0 Å². The van der Waals surface area contributed by atoms with Crippen molar-refractivity contribution in [3.8, 4) is 0 Å². The lowest BCUT2D eigenvalue weighted by Gasteiger charge is -2.31. The summed E-state index contributed by atoms with van der Waals surface area (Å²) in [5.41, 5.74) is 0.607. The fraction of sp³-hybridized carbons (Fsp3) is 0.600. The Kier molecular flexibility index (Phi) is 7.78. The molecule has 1 fully saturated rings. The van der Waals surface area contributed by atoms with Crippen LogP contribution in [0.2, 0.25) is 0 Å². The number of hydrogen-bond donors (Lipinski definition) is 1. The van der Waals surface area contributed by atoms with Crippen LogP contribution in [0.4, 0.5) is 13.2 Å². The van der Waals surface area contributed by atoms with E-state index in [-0.39, 0.29) is 25.0 Å². The molecule has 1 amide bonds. The van der Waals surface area contributed by atoms with Gasteiger partial charge in [0.1, 0.15) is 6.42 Å². The predicted molar refractivity (Wildman–Crippen MR) is 83.2 cm³/mol. The van der Waals surface area contributed by atoms with Crippen LogP contribution in [0.25, 0.3) is 0 Å². The van der Waals surface area contributed by atoms with Crippen LogP contribution in [0.15, 0.2) is 24.4 Å². The first-order valence-electron chi connectivity index (χ1n) is 7.42. The summed E-state index contributed by atoms with van der Waals surface area (Å²) < 4.78 is 37.7. The number of nitrogens with zero attached hydrogens (tertiary/aromatic N) is 2. The highest BCUT2D eigenvalue weighted by Crippen LogP contribution is 2.24. The van der Waals surface area contributed by atoms with Gasteiger partial charge in [0.2, 0.25) is 5.91 Å². The average Bonchev–Trinajstić information content (AvgIpc) is 2.73. The van der Waals surface area contributed by atoms with Gasteiger partial charge in [-0.3, -0.25) is 9.78 Å². The lowest BCUT2D eigenvalue weighted by molar-refractivity contribution is -0.163. The summed E-state index contributed by atoms with van der Waals surface area (Å²) in [4.78, 5) is 17.6. The van der Waals surface area contributed by atoms with Crippen LogP contribution in [0.5, 0.6) is 0 Å². The largest absolute Gasteiger partial charge is 0.397 e. The van der Waals surface area contributed by atoms with Crippen molar-refractivity contribution in [2.75, 3.05) is 13.1 Å². The molecule has 0 saturated carbocycles. The van der Waals surface area contributed by atoms with Crippen LogP contribution in [-0.2, 0) is 11.3 Å². The van der Waals surface area contributed by atoms with Crippen molar-refractivity contribution in [2.24, 2.45) is 0 Å². The molecule has 0 spiro atoms. The number of pyridine rings is 1. The molecule has 8 heteroatoms. The lowest BCUT2D eigenvalue weighted by Crippen LogP contribution is -2.42. The van der Waals surface area contributed by atoms with Gasteiger partial charge in [0, 0.05) is 12.2 Å². The van der Waals surface area contributed by atoms with Gasteiger partial charge in [-0.2, -0.15) is 13.2 Å². The molecule has 0 radical (unpaired) electrons. The molecule has 2 heterocycles. The van der Waals surface area contributed by atoms with Crippen LogP contribution in [0.1, 0.15) is 31.4 Å².